The van der Waals surface area contributed by atoms with E-state index in [0.717, 1.165) is 28.5 Å². The minimum Gasteiger partial charge on any atom is -0.336 e. The molecule has 0 unspecified atom stereocenters. The number of piperidine rings is 1. The van der Waals surface area contributed by atoms with Crippen LogP contribution in [-0.4, -0.2) is 23.4 Å². The van der Waals surface area contributed by atoms with Crippen molar-refractivity contribution < 1.29 is 4.79 Å². The number of benzene rings is 1. The van der Waals surface area contributed by atoms with Crippen LogP contribution in [-0.2, 0) is 0 Å². The summed E-state index contributed by atoms with van der Waals surface area (Å²) in [5.74, 6) is 0.192. The van der Waals surface area contributed by atoms with Crippen molar-refractivity contribution in [3.05, 3.63) is 33.4 Å². The first-order valence-electron chi connectivity index (χ1n) is 5.75. The standard InChI is InChI=1S/C13H16INO/c1-10-6-4-5-9-15(10)13(16)11-7-2-3-8-12(11)14/h2-3,7-8,10H,4-6,9H2,1H3/t10-/m1/s1. The first kappa shape index (κ1) is 11.9. The van der Waals surface area contributed by atoms with Crippen molar-refractivity contribution in [2.75, 3.05) is 6.54 Å². The van der Waals surface area contributed by atoms with Crippen LogP contribution in [0.4, 0.5) is 0 Å². The van der Waals surface area contributed by atoms with E-state index in [9.17, 15) is 4.79 Å². The number of nitrogens with zero attached hydrogens (tertiary/aromatic N) is 1. The third-order valence-electron chi connectivity index (χ3n) is 3.17. The summed E-state index contributed by atoms with van der Waals surface area (Å²) >= 11 is 2.23. The molecule has 0 aromatic heterocycles. The Morgan fingerprint density at radius 2 is 2.12 bits per heavy atom. The highest BCUT2D eigenvalue weighted by molar-refractivity contribution is 14.1. The van der Waals surface area contributed by atoms with Crippen LogP contribution < -0.4 is 0 Å². The minimum atomic E-state index is 0.192. The second-order valence-electron chi connectivity index (χ2n) is 4.32. The fourth-order valence-corrected chi connectivity index (χ4v) is 2.81. The minimum absolute atomic E-state index is 0.192. The highest BCUT2D eigenvalue weighted by atomic mass is 127. The van der Waals surface area contributed by atoms with E-state index in [1.165, 1.54) is 6.42 Å². The monoisotopic (exact) mass is 329 g/mol. The van der Waals surface area contributed by atoms with Crippen LogP contribution in [0, 0.1) is 3.57 Å². The molecule has 0 N–H and O–H groups in total. The Balaban J connectivity index is 2.21. The second-order valence-corrected chi connectivity index (χ2v) is 5.49. The summed E-state index contributed by atoms with van der Waals surface area (Å²) < 4.78 is 1.04. The summed E-state index contributed by atoms with van der Waals surface area (Å²) in [6, 6.07) is 8.20. The lowest BCUT2D eigenvalue weighted by atomic mass is 10.0. The van der Waals surface area contributed by atoms with Gasteiger partial charge in [0.1, 0.15) is 0 Å². The molecule has 2 nitrogen and oxygen atoms in total. The molecular weight excluding hydrogens is 313 g/mol. The van der Waals surface area contributed by atoms with Crippen molar-refractivity contribution in [1.82, 2.24) is 4.90 Å². The third-order valence-corrected chi connectivity index (χ3v) is 4.11. The molecule has 1 atom stereocenters. The van der Waals surface area contributed by atoms with E-state index in [1.807, 2.05) is 29.2 Å². The fraction of sp³-hybridized carbons (Fsp3) is 0.462. The maximum absolute atomic E-state index is 12.4. The SMILES string of the molecule is C[C@@H]1CCCCN1C(=O)c1ccccc1I. The number of halogens is 1. The van der Waals surface area contributed by atoms with Crippen LogP contribution in [0.15, 0.2) is 24.3 Å². The van der Waals surface area contributed by atoms with Gasteiger partial charge in [-0.05, 0) is 60.9 Å². The van der Waals surface area contributed by atoms with Gasteiger partial charge in [0, 0.05) is 16.2 Å². The first-order chi connectivity index (χ1) is 7.70. The zero-order valence-electron chi connectivity index (χ0n) is 9.45. The summed E-state index contributed by atoms with van der Waals surface area (Å²) in [4.78, 5) is 14.4. The van der Waals surface area contributed by atoms with Gasteiger partial charge in [-0.1, -0.05) is 12.1 Å². The van der Waals surface area contributed by atoms with E-state index in [-0.39, 0.29) is 5.91 Å². The lowest BCUT2D eigenvalue weighted by Crippen LogP contribution is -2.42. The van der Waals surface area contributed by atoms with Gasteiger partial charge in [-0.3, -0.25) is 4.79 Å². The van der Waals surface area contributed by atoms with Gasteiger partial charge in [-0.15, -0.1) is 0 Å². The van der Waals surface area contributed by atoms with Gasteiger partial charge in [0.15, 0.2) is 0 Å². The highest BCUT2D eigenvalue weighted by Gasteiger charge is 2.24. The maximum Gasteiger partial charge on any atom is 0.255 e. The molecule has 0 bridgehead atoms. The fourth-order valence-electron chi connectivity index (χ4n) is 2.19. The zero-order chi connectivity index (χ0) is 11.5. The van der Waals surface area contributed by atoms with Crippen LogP contribution in [0.5, 0.6) is 0 Å². The lowest BCUT2D eigenvalue weighted by molar-refractivity contribution is 0.0634. The smallest absolute Gasteiger partial charge is 0.255 e. The van der Waals surface area contributed by atoms with Crippen molar-refractivity contribution in [2.45, 2.75) is 32.2 Å². The second kappa shape index (κ2) is 5.17. The molecular formula is C13H16INO. The molecule has 2 rings (SSSR count). The molecule has 86 valence electrons. The Morgan fingerprint density at radius 1 is 1.38 bits per heavy atom. The van der Waals surface area contributed by atoms with Crippen LogP contribution in [0.2, 0.25) is 0 Å². The molecule has 1 aliphatic rings. The van der Waals surface area contributed by atoms with Crippen LogP contribution >= 0.6 is 22.6 Å². The van der Waals surface area contributed by atoms with Crippen LogP contribution in [0.1, 0.15) is 36.5 Å². The number of hydrogen-bond acceptors (Lipinski definition) is 1. The number of carbonyl (C=O) groups excluding carboxylic acids is 1. The van der Waals surface area contributed by atoms with E-state index >= 15 is 0 Å². The Hall–Kier alpha value is -0.580. The van der Waals surface area contributed by atoms with E-state index in [2.05, 4.69) is 29.5 Å². The van der Waals surface area contributed by atoms with Gasteiger partial charge in [-0.25, -0.2) is 0 Å². The largest absolute Gasteiger partial charge is 0.336 e. The average molecular weight is 329 g/mol. The van der Waals surface area contributed by atoms with E-state index in [1.54, 1.807) is 0 Å². The topological polar surface area (TPSA) is 20.3 Å². The van der Waals surface area contributed by atoms with Gasteiger partial charge in [0.25, 0.3) is 5.91 Å². The van der Waals surface area contributed by atoms with Crippen molar-refractivity contribution >= 4 is 28.5 Å². The third kappa shape index (κ3) is 2.39. The van der Waals surface area contributed by atoms with E-state index in [4.69, 9.17) is 0 Å². The predicted octanol–water partition coefficient (Wildman–Crippen LogP) is 3.31. The lowest BCUT2D eigenvalue weighted by Gasteiger charge is -2.33. The average Bonchev–Trinajstić information content (AvgIpc) is 2.29. The molecule has 0 radical (unpaired) electrons. The number of rotatable bonds is 1. The molecule has 0 aliphatic carbocycles. The number of carbonyl (C=O) groups is 1. The van der Waals surface area contributed by atoms with Gasteiger partial charge in [0.2, 0.25) is 0 Å². The number of likely N-dealkylation sites (tertiary alicyclic amines) is 1. The van der Waals surface area contributed by atoms with Crippen LogP contribution in [0.3, 0.4) is 0 Å². The van der Waals surface area contributed by atoms with Gasteiger partial charge in [0.05, 0.1) is 5.56 Å². The quantitative estimate of drug-likeness (QED) is 0.724. The molecule has 1 fully saturated rings. The van der Waals surface area contributed by atoms with Gasteiger partial charge >= 0.3 is 0 Å². The summed E-state index contributed by atoms with van der Waals surface area (Å²) in [6.07, 6.45) is 3.52. The van der Waals surface area contributed by atoms with E-state index in [0.29, 0.717) is 6.04 Å². The summed E-state index contributed by atoms with van der Waals surface area (Å²) in [6.45, 7) is 3.05. The molecule has 3 heteroatoms. The Labute approximate surface area is 110 Å². The number of amides is 1. The summed E-state index contributed by atoms with van der Waals surface area (Å²) in [7, 11) is 0. The summed E-state index contributed by atoms with van der Waals surface area (Å²) in [5.41, 5.74) is 0.844. The van der Waals surface area contributed by atoms with Gasteiger partial charge < -0.3 is 4.90 Å². The maximum atomic E-state index is 12.4. The number of hydrogen-bond donors (Lipinski definition) is 0. The predicted molar refractivity (Wildman–Crippen MR) is 73.5 cm³/mol. The Kier molecular flexibility index (Phi) is 3.84. The Morgan fingerprint density at radius 3 is 2.81 bits per heavy atom. The molecule has 1 aliphatic heterocycles. The molecule has 1 saturated heterocycles. The molecule has 1 heterocycles. The normalized spacial score (nSPS) is 20.9. The van der Waals surface area contributed by atoms with Crippen LogP contribution in [0.25, 0.3) is 0 Å². The molecule has 1 aromatic rings. The molecule has 1 amide bonds. The molecule has 1 aromatic carbocycles. The van der Waals surface area contributed by atoms with Gasteiger partial charge in [-0.2, -0.15) is 0 Å². The zero-order valence-corrected chi connectivity index (χ0v) is 11.6. The van der Waals surface area contributed by atoms with Crippen molar-refractivity contribution in [2.24, 2.45) is 0 Å². The highest BCUT2D eigenvalue weighted by Crippen LogP contribution is 2.21. The van der Waals surface area contributed by atoms with E-state index < -0.39 is 0 Å². The van der Waals surface area contributed by atoms with Crippen molar-refractivity contribution in [1.29, 1.82) is 0 Å². The van der Waals surface area contributed by atoms with Crippen molar-refractivity contribution in [3.8, 4) is 0 Å². The van der Waals surface area contributed by atoms with Crippen molar-refractivity contribution in [3.63, 3.8) is 0 Å². The molecule has 16 heavy (non-hydrogen) atoms. The first-order valence-corrected chi connectivity index (χ1v) is 6.83. The Bertz CT molecular complexity index is 391. The molecule has 0 saturated carbocycles. The summed E-state index contributed by atoms with van der Waals surface area (Å²) in [5, 5.41) is 0. The molecule has 0 spiro atoms.